The Labute approximate surface area is 88.7 Å². The molecule has 0 aromatic heterocycles. The molecule has 0 aliphatic carbocycles. The van der Waals surface area contributed by atoms with Gasteiger partial charge in [-0.2, -0.15) is 8.42 Å². The van der Waals surface area contributed by atoms with Gasteiger partial charge in [0, 0.05) is 0 Å². The van der Waals surface area contributed by atoms with E-state index in [4.69, 9.17) is 5.73 Å². The first-order valence-corrected chi connectivity index (χ1v) is 5.58. The number of hydrogen-bond acceptors (Lipinski definition) is 4. The minimum Gasteiger partial charge on any atom is -0.387 e. The molecule has 0 saturated heterocycles. The molecule has 0 aliphatic heterocycles. The molecule has 0 atom stereocenters. The van der Waals surface area contributed by atoms with Crippen LogP contribution in [0, 0.1) is 0 Å². The van der Waals surface area contributed by atoms with E-state index < -0.39 is 10.1 Å². The summed E-state index contributed by atoms with van der Waals surface area (Å²) in [5.74, 6) is 0.414. The highest BCUT2D eigenvalue weighted by Crippen LogP contribution is 2.17. The van der Waals surface area contributed by atoms with Gasteiger partial charge >= 0.3 is 0 Å². The lowest BCUT2D eigenvalue weighted by Gasteiger charge is -2.01. The van der Waals surface area contributed by atoms with E-state index >= 15 is 0 Å². The molecular weight excluding hydrogens is 216 g/mol. The number of rotatable bonds is 3. The molecule has 0 saturated carbocycles. The Morgan fingerprint density at radius 2 is 1.87 bits per heavy atom. The van der Waals surface area contributed by atoms with Crippen molar-refractivity contribution >= 4 is 21.6 Å². The number of hydrogen-bond donors (Lipinski definition) is 1. The SMILES string of the molecule is COS(=O)(=O)c1ccc(N=C(C)N)cc1. The third-order valence-corrected chi connectivity index (χ3v) is 2.94. The molecule has 1 rings (SSSR count). The Morgan fingerprint density at radius 1 is 1.33 bits per heavy atom. The molecule has 0 heterocycles. The van der Waals surface area contributed by atoms with Crippen molar-refractivity contribution < 1.29 is 12.6 Å². The van der Waals surface area contributed by atoms with E-state index in [0.29, 0.717) is 11.5 Å². The van der Waals surface area contributed by atoms with Crippen LogP contribution in [0.4, 0.5) is 5.69 Å². The van der Waals surface area contributed by atoms with E-state index in [2.05, 4.69) is 9.18 Å². The Hall–Kier alpha value is -1.40. The summed E-state index contributed by atoms with van der Waals surface area (Å²) in [6, 6.07) is 5.95. The lowest BCUT2D eigenvalue weighted by Crippen LogP contribution is -2.04. The van der Waals surface area contributed by atoms with Gasteiger partial charge in [-0.1, -0.05) is 0 Å². The first kappa shape index (κ1) is 11.7. The average Bonchev–Trinajstić information content (AvgIpc) is 2.18. The lowest BCUT2D eigenvalue weighted by atomic mass is 10.3. The molecule has 0 aliphatic rings. The maximum atomic E-state index is 11.3. The van der Waals surface area contributed by atoms with Crippen molar-refractivity contribution in [3.05, 3.63) is 24.3 Å². The molecule has 0 bridgehead atoms. The molecule has 6 heteroatoms. The second-order valence-corrected chi connectivity index (χ2v) is 4.58. The van der Waals surface area contributed by atoms with Crippen molar-refractivity contribution in [3.63, 3.8) is 0 Å². The summed E-state index contributed by atoms with van der Waals surface area (Å²) in [4.78, 5) is 4.06. The summed E-state index contributed by atoms with van der Waals surface area (Å²) in [7, 11) is -2.51. The van der Waals surface area contributed by atoms with Crippen LogP contribution in [0.5, 0.6) is 0 Å². The van der Waals surface area contributed by atoms with Gasteiger partial charge in [0.1, 0.15) is 0 Å². The predicted octanol–water partition coefficient (Wildman–Crippen LogP) is 1.03. The summed E-state index contributed by atoms with van der Waals surface area (Å²) in [5, 5.41) is 0. The van der Waals surface area contributed by atoms with Crippen LogP contribution in [0.25, 0.3) is 0 Å². The minimum absolute atomic E-state index is 0.0959. The normalized spacial score (nSPS) is 12.8. The molecule has 15 heavy (non-hydrogen) atoms. The lowest BCUT2D eigenvalue weighted by molar-refractivity contribution is 0.398. The van der Waals surface area contributed by atoms with E-state index in [0.717, 1.165) is 7.11 Å². The molecule has 1 aromatic rings. The number of nitrogens with two attached hydrogens (primary N) is 1. The standard InChI is InChI=1S/C9H12N2O3S/c1-7(10)11-8-3-5-9(6-4-8)15(12,13)14-2/h3-6H,1-2H3,(H2,10,11). The quantitative estimate of drug-likeness (QED) is 0.476. The summed E-state index contributed by atoms with van der Waals surface area (Å²) in [5.41, 5.74) is 5.98. The molecule has 0 amide bonds. The minimum atomic E-state index is -3.62. The van der Waals surface area contributed by atoms with Gasteiger partial charge in [-0.15, -0.1) is 0 Å². The fourth-order valence-corrected chi connectivity index (χ4v) is 1.65. The summed E-state index contributed by atoms with van der Waals surface area (Å²) >= 11 is 0. The largest absolute Gasteiger partial charge is 0.387 e. The molecule has 0 radical (unpaired) electrons. The first-order valence-electron chi connectivity index (χ1n) is 4.17. The van der Waals surface area contributed by atoms with Crippen molar-refractivity contribution in [3.8, 4) is 0 Å². The summed E-state index contributed by atoms with van der Waals surface area (Å²) < 4.78 is 26.9. The van der Waals surface area contributed by atoms with Crippen molar-refractivity contribution in [1.82, 2.24) is 0 Å². The maximum absolute atomic E-state index is 11.3. The Kier molecular flexibility index (Phi) is 3.43. The highest BCUT2D eigenvalue weighted by atomic mass is 32.2. The van der Waals surface area contributed by atoms with Gasteiger partial charge in [0.15, 0.2) is 0 Å². The highest BCUT2D eigenvalue weighted by Gasteiger charge is 2.11. The molecule has 82 valence electrons. The molecule has 1 aromatic carbocycles. The maximum Gasteiger partial charge on any atom is 0.296 e. The zero-order valence-corrected chi connectivity index (χ0v) is 9.28. The first-order chi connectivity index (χ1) is 6.95. The van der Waals surface area contributed by atoms with E-state index in [1.807, 2.05) is 0 Å². The van der Waals surface area contributed by atoms with Gasteiger partial charge in [0.2, 0.25) is 0 Å². The van der Waals surface area contributed by atoms with Gasteiger partial charge in [-0.05, 0) is 31.2 Å². The Balaban J connectivity index is 3.06. The molecular formula is C9H12N2O3S. The van der Waals surface area contributed by atoms with Crippen LogP contribution < -0.4 is 5.73 Å². The molecule has 0 unspecified atom stereocenters. The fourth-order valence-electron chi connectivity index (χ4n) is 0.987. The van der Waals surface area contributed by atoms with Crippen LogP contribution in [0.3, 0.4) is 0 Å². The number of nitrogens with zero attached hydrogens (tertiary/aromatic N) is 1. The molecule has 2 N–H and O–H groups in total. The van der Waals surface area contributed by atoms with Crippen LogP contribution in [0.2, 0.25) is 0 Å². The van der Waals surface area contributed by atoms with Gasteiger partial charge in [-0.25, -0.2) is 4.99 Å². The third-order valence-electron chi connectivity index (χ3n) is 1.65. The number of benzene rings is 1. The van der Waals surface area contributed by atoms with Crippen molar-refractivity contribution in [2.75, 3.05) is 7.11 Å². The van der Waals surface area contributed by atoms with Gasteiger partial charge in [0.05, 0.1) is 23.5 Å². The van der Waals surface area contributed by atoms with Crippen LogP contribution in [-0.2, 0) is 14.3 Å². The average molecular weight is 228 g/mol. The molecule has 0 fully saturated rings. The Morgan fingerprint density at radius 3 is 2.27 bits per heavy atom. The number of amidine groups is 1. The van der Waals surface area contributed by atoms with Gasteiger partial charge < -0.3 is 5.73 Å². The van der Waals surface area contributed by atoms with Crippen LogP contribution in [0.1, 0.15) is 6.92 Å². The van der Waals surface area contributed by atoms with E-state index in [1.165, 1.54) is 12.1 Å². The summed E-state index contributed by atoms with van der Waals surface area (Å²) in [6.07, 6.45) is 0. The Bertz CT molecular complexity index is 459. The smallest absolute Gasteiger partial charge is 0.296 e. The van der Waals surface area contributed by atoms with E-state index in [9.17, 15) is 8.42 Å². The van der Waals surface area contributed by atoms with E-state index in [1.54, 1.807) is 19.1 Å². The molecule has 5 nitrogen and oxygen atoms in total. The fraction of sp³-hybridized carbons (Fsp3) is 0.222. The summed E-state index contributed by atoms with van der Waals surface area (Å²) in [6.45, 7) is 1.65. The van der Waals surface area contributed by atoms with Crippen LogP contribution in [-0.4, -0.2) is 21.4 Å². The second kappa shape index (κ2) is 4.41. The number of aliphatic imine (C=N–C) groups is 1. The third kappa shape index (κ3) is 3.03. The van der Waals surface area contributed by atoms with Gasteiger partial charge in [0.25, 0.3) is 10.1 Å². The van der Waals surface area contributed by atoms with E-state index in [-0.39, 0.29) is 4.90 Å². The van der Waals surface area contributed by atoms with Crippen molar-refractivity contribution in [2.24, 2.45) is 10.7 Å². The van der Waals surface area contributed by atoms with Gasteiger partial charge in [-0.3, -0.25) is 4.18 Å². The van der Waals surface area contributed by atoms with Crippen molar-refractivity contribution in [1.29, 1.82) is 0 Å². The van der Waals surface area contributed by atoms with Crippen LogP contribution in [0.15, 0.2) is 34.2 Å². The zero-order chi connectivity index (χ0) is 11.5. The van der Waals surface area contributed by atoms with Crippen LogP contribution >= 0.6 is 0 Å². The predicted molar refractivity (Wildman–Crippen MR) is 57.6 cm³/mol. The second-order valence-electron chi connectivity index (χ2n) is 2.87. The van der Waals surface area contributed by atoms with Crippen molar-refractivity contribution in [2.45, 2.75) is 11.8 Å². The topological polar surface area (TPSA) is 81.8 Å². The monoisotopic (exact) mass is 228 g/mol. The molecule has 0 spiro atoms. The highest BCUT2D eigenvalue weighted by molar-refractivity contribution is 7.86. The zero-order valence-electron chi connectivity index (χ0n) is 8.47.